The zero-order valence-corrected chi connectivity index (χ0v) is 13.0. The van der Waals surface area contributed by atoms with Crippen LogP contribution in [-0.2, 0) is 17.4 Å². The Morgan fingerprint density at radius 1 is 1.16 bits per heavy atom. The van der Waals surface area contributed by atoms with Gasteiger partial charge in [0, 0.05) is 37.5 Å². The molecule has 0 N–H and O–H groups in total. The topological polar surface area (TPSA) is 76.3 Å². The van der Waals surface area contributed by atoms with Crippen molar-refractivity contribution in [2.24, 2.45) is 0 Å². The lowest BCUT2D eigenvalue weighted by Crippen LogP contribution is -2.31. The van der Waals surface area contributed by atoms with Crippen LogP contribution in [0.15, 0.2) is 30.6 Å². The standard InChI is InChI=1S/C16H12F3N3O3/c1-21-14(23)3-2-9-4-10(6-13(15(9)21)22(24)25)11-5-12(8-20-7-11)16(17,18)19/h4-8H,2-3H2,1H3. The second-order valence-electron chi connectivity index (χ2n) is 5.67. The molecule has 1 aliphatic rings. The number of benzene rings is 1. The van der Waals surface area contributed by atoms with Crippen molar-refractivity contribution < 1.29 is 22.9 Å². The van der Waals surface area contributed by atoms with Gasteiger partial charge in [0.1, 0.15) is 5.69 Å². The number of anilines is 1. The number of carbonyl (C=O) groups excluding carboxylic acids is 1. The number of halogens is 3. The second kappa shape index (κ2) is 5.83. The van der Waals surface area contributed by atoms with Crippen LogP contribution in [0.1, 0.15) is 17.5 Å². The first-order valence-electron chi connectivity index (χ1n) is 7.29. The van der Waals surface area contributed by atoms with Crippen molar-refractivity contribution in [3.8, 4) is 11.1 Å². The molecule has 1 aromatic heterocycles. The molecule has 2 aromatic rings. The molecule has 0 unspecified atom stereocenters. The summed E-state index contributed by atoms with van der Waals surface area (Å²) in [7, 11) is 1.44. The maximum Gasteiger partial charge on any atom is 0.417 e. The molecule has 0 saturated carbocycles. The highest BCUT2D eigenvalue weighted by atomic mass is 19.4. The van der Waals surface area contributed by atoms with E-state index in [2.05, 4.69) is 4.98 Å². The lowest BCUT2D eigenvalue weighted by Gasteiger charge is -2.25. The van der Waals surface area contributed by atoms with E-state index in [1.54, 1.807) is 6.07 Å². The van der Waals surface area contributed by atoms with Crippen molar-refractivity contribution in [1.29, 1.82) is 0 Å². The van der Waals surface area contributed by atoms with Crippen molar-refractivity contribution in [3.63, 3.8) is 0 Å². The number of carbonyl (C=O) groups is 1. The Kier molecular flexibility index (Phi) is 3.94. The fraction of sp³-hybridized carbons (Fsp3) is 0.250. The molecule has 0 bridgehead atoms. The molecule has 1 aliphatic heterocycles. The highest BCUT2D eigenvalue weighted by molar-refractivity contribution is 5.99. The van der Waals surface area contributed by atoms with Crippen LogP contribution in [0.3, 0.4) is 0 Å². The molecule has 130 valence electrons. The number of hydrogen-bond acceptors (Lipinski definition) is 4. The van der Waals surface area contributed by atoms with Crippen LogP contribution in [0.5, 0.6) is 0 Å². The first kappa shape index (κ1) is 16.9. The number of hydrogen-bond donors (Lipinski definition) is 0. The Morgan fingerprint density at radius 2 is 1.88 bits per heavy atom. The molecule has 1 amide bonds. The third-order valence-corrected chi connectivity index (χ3v) is 4.08. The molecule has 0 aliphatic carbocycles. The summed E-state index contributed by atoms with van der Waals surface area (Å²) in [5.41, 5.74) is -0.140. The summed E-state index contributed by atoms with van der Waals surface area (Å²) in [4.78, 5) is 27.4. The van der Waals surface area contributed by atoms with Gasteiger partial charge in [0.25, 0.3) is 5.69 Å². The average molecular weight is 351 g/mol. The summed E-state index contributed by atoms with van der Waals surface area (Å²) >= 11 is 0. The molecule has 9 heteroatoms. The Balaban J connectivity index is 2.18. The number of nitro benzene ring substituents is 1. The van der Waals surface area contributed by atoms with Gasteiger partial charge in [0.05, 0.1) is 10.5 Å². The molecule has 0 spiro atoms. The summed E-state index contributed by atoms with van der Waals surface area (Å²) in [6.07, 6.45) is -2.17. The van der Waals surface area contributed by atoms with E-state index in [9.17, 15) is 28.1 Å². The minimum atomic E-state index is -4.56. The van der Waals surface area contributed by atoms with E-state index in [0.717, 1.165) is 6.07 Å². The van der Waals surface area contributed by atoms with E-state index in [4.69, 9.17) is 0 Å². The summed E-state index contributed by atoms with van der Waals surface area (Å²) in [6, 6.07) is 3.64. The SMILES string of the molecule is CN1C(=O)CCc2cc(-c3cncc(C(F)(F)F)c3)cc([N+](=O)[O-])c21. The molecule has 0 fully saturated rings. The summed E-state index contributed by atoms with van der Waals surface area (Å²) in [5.74, 6) is -0.246. The number of nitrogens with zero attached hydrogens (tertiary/aromatic N) is 3. The van der Waals surface area contributed by atoms with E-state index in [1.807, 2.05) is 0 Å². The van der Waals surface area contributed by atoms with Crippen molar-refractivity contribution in [3.05, 3.63) is 51.8 Å². The van der Waals surface area contributed by atoms with Crippen molar-refractivity contribution in [1.82, 2.24) is 4.98 Å². The first-order chi connectivity index (χ1) is 11.7. The zero-order valence-electron chi connectivity index (χ0n) is 13.0. The fourth-order valence-corrected chi connectivity index (χ4v) is 2.85. The van der Waals surface area contributed by atoms with Crippen LogP contribution in [0.25, 0.3) is 11.1 Å². The second-order valence-corrected chi connectivity index (χ2v) is 5.67. The number of rotatable bonds is 2. The van der Waals surface area contributed by atoms with Crippen LogP contribution in [0.2, 0.25) is 0 Å². The van der Waals surface area contributed by atoms with E-state index in [1.165, 1.54) is 24.2 Å². The minimum Gasteiger partial charge on any atom is -0.309 e. The number of amides is 1. The smallest absolute Gasteiger partial charge is 0.309 e. The predicted octanol–water partition coefficient (Wildman–Crippen LogP) is 3.58. The van der Waals surface area contributed by atoms with Gasteiger partial charge in [-0.25, -0.2) is 0 Å². The van der Waals surface area contributed by atoms with E-state index < -0.39 is 16.7 Å². The van der Waals surface area contributed by atoms with Crippen LogP contribution in [0.4, 0.5) is 24.5 Å². The maximum atomic E-state index is 12.9. The molecule has 3 rings (SSSR count). The van der Waals surface area contributed by atoms with Crippen LogP contribution in [-0.4, -0.2) is 22.9 Å². The summed E-state index contributed by atoms with van der Waals surface area (Å²) in [6.45, 7) is 0. The van der Waals surface area contributed by atoms with Crippen LogP contribution >= 0.6 is 0 Å². The lowest BCUT2D eigenvalue weighted by molar-refractivity contribution is -0.384. The number of aromatic nitrogens is 1. The monoisotopic (exact) mass is 351 g/mol. The molecule has 0 saturated heterocycles. The molecule has 1 aromatic carbocycles. The highest BCUT2D eigenvalue weighted by Gasteiger charge is 2.32. The van der Waals surface area contributed by atoms with Gasteiger partial charge in [0.15, 0.2) is 0 Å². The van der Waals surface area contributed by atoms with Crippen molar-refractivity contribution >= 4 is 17.3 Å². The molecule has 0 atom stereocenters. The van der Waals surface area contributed by atoms with Gasteiger partial charge in [0.2, 0.25) is 5.91 Å². The Bertz CT molecular complexity index is 881. The van der Waals surface area contributed by atoms with Crippen LogP contribution in [0, 0.1) is 10.1 Å². The van der Waals surface area contributed by atoms with Crippen molar-refractivity contribution in [2.75, 3.05) is 11.9 Å². The Morgan fingerprint density at radius 3 is 2.52 bits per heavy atom. The van der Waals surface area contributed by atoms with Gasteiger partial charge in [-0.3, -0.25) is 19.9 Å². The van der Waals surface area contributed by atoms with Gasteiger partial charge in [-0.15, -0.1) is 0 Å². The largest absolute Gasteiger partial charge is 0.417 e. The number of alkyl halides is 3. The van der Waals surface area contributed by atoms with Crippen LogP contribution < -0.4 is 4.90 Å². The molecule has 2 heterocycles. The minimum absolute atomic E-state index is 0.125. The van der Waals surface area contributed by atoms with Gasteiger partial charge in [-0.05, 0) is 29.7 Å². The quantitative estimate of drug-likeness (QED) is 0.612. The molecular weight excluding hydrogens is 339 g/mol. The van der Waals surface area contributed by atoms with Gasteiger partial charge in [-0.1, -0.05) is 0 Å². The third-order valence-electron chi connectivity index (χ3n) is 4.08. The van der Waals surface area contributed by atoms with E-state index in [0.29, 0.717) is 18.2 Å². The Labute approximate surface area is 140 Å². The number of fused-ring (bicyclic) bond motifs is 1. The maximum absolute atomic E-state index is 12.9. The van der Waals surface area contributed by atoms with Crippen molar-refractivity contribution in [2.45, 2.75) is 19.0 Å². The Hall–Kier alpha value is -2.97. The highest BCUT2D eigenvalue weighted by Crippen LogP contribution is 2.40. The molecule has 6 nitrogen and oxygen atoms in total. The number of nitro groups is 1. The van der Waals surface area contributed by atoms with Gasteiger partial charge >= 0.3 is 6.18 Å². The third kappa shape index (κ3) is 3.04. The summed E-state index contributed by atoms with van der Waals surface area (Å²) < 4.78 is 38.6. The predicted molar refractivity (Wildman–Crippen MR) is 83.1 cm³/mol. The number of aryl methyl sites for hydroxylation is 1. The number of pyridine rings is 1. The zero-order chi connectivity index (χ0) is 18.4. The van der Waals surface area contributed by atoms with E-state index >= 15 is 0 Å². The first-order valence-corrected chi connectivity index (χ1v) is 7.29. The normalized spacial score (nSPS) is 14.4. The molecule has 25 heavy (non-hydrogen) atoms. The van der Waals surface area contributed by atoms with Gasteiger partial charge < -0.3 is 4.90 Å². The molecular formula is C16H12F3N3O3. The average Bonchev–Trinajstić information content (AvgIpc) is 2.56. The summed E-state index contributed by atoms with van der Waals surface area (Å²) in [5, 5.41) is 11.4. The molecule has 0 radical (unpaired) electrons. The van der Waals surface area contributed by atoms with E-state index in [-0.39, 0.29) is 34.8 Å². The lowest BCUT2D eigenvalue weighted by atomic mass is 9.95. The van der Waals surface area contributed by atoms with Gasteiger partial charge in [-0.2, -0.15) is 13.2 Å². The fourth-order valence-electron chi connectivity index (χ4n) is 2.85.